The van der Waals surface area contributed by atoms with Gasteiger partial charge in [0.15, 0.2) is 36.2 Å². The van der Waals surface area contributed by atoms with Gasteiger partial charge in [0.1, 0.15) is 48.5 Å². The predicted molar refractivity (Wildman–Crippen MR) is 306 cm³/mol. The SMILES string of the molecule is CO[C@H]1OCCN2[C@@H]1O[C@@H]1[C@H](C)O[C@@H](O[C@H]3C[C@](O)(C(=O)CO)Cc4c(O)c5c(c(O)c43)C(=O)c3c(NC(=O)OCc4ccccc4NC(=O)[C@H](CCCNC(N)=O)NC(=O)[C@@H](NC(=O)CCCCCN4C(=O)C=CC4=O)C(C)C)cccc3C5=O)C[C@@H]12. The van der Waals surface area contributed by atoms with E-state index in [0.29, 0.717) is 32.4 Å². The van der Waals surface area contributed by atoms with E-state index < -0.39 is 168 Å². The number of para-hydroxylation sites is 1. The maximum Gasteiger partial charge on any atom is 0.411 e. The highest BCUT2D eigenvalue weighted by atomic mass is 16.7. The monoisotopic (exact) mass is 1220 g/mol. The van der Waals surface area contributed by atoms with Crippen LogP contribution in [0.5, 0.6) is 11.5 Å². The summed E-state index contributed by atoms with van der Waals surface area (Å²) in [6.45, 7) is 4.67. The fourth-order valence-corrected chi connectivity index (χ4v) is 12.1. The summed E-state index contributed by atoms with van der Waals surface area (Å²) < 4.78 is 36.0. The van der Waals surface area contributed by atoms with Crippen LogP contribution in [-0.2, 0) is 70.2 Å². The maximum absolute atomic E-state index is 14.8. The molecule has 28 nitrogen and oxygen atoms in total. The molecule has 0 bridgehead atoms. The number of carbonyl (C=O) groups excluding carboxylic acids is 10. The number of phenolic OH excluding ortho intramolecular Hbond substituents is 2. The molecule has 28 heteroatoms. The van der Waals surface area contributed by atoms with Crippen LogP contribution in [0.25, 0.3) is 0 Å². The number of fused-ring (bicyclic) bond motifs is 6. The van der Waals surface area contributed by atoms with Crippen molar-refractivity contribution in [1.82, 2.24) is 25.8 Å². The number of aromatic hydroxyl groups is 2. The van der Waals surface area contributed by atoms with Crippen molar-refractivity contribution in [2.24, 2.45) is 11.7 Å². The number of rotatable bonds is 24. The number of aliphatic hydroxyl groups is 2. The van der Waals surface area contributed by atoms with Gasteiger partial charge in [-0.2, -0.15) is 0 Å². The molecule has 4 aliphatic heterocycles. The number of benzene rings is 3. The first kappa shape index (κ1) is 64.3. The Kier molecular flexibility index (Phi) is 20.0. The normalized spacial score (nSPS) is 24.3. The number of amides is 8. The van der Waals surface area contributed by atoms with Crippen LogP contribution in [0, 0.1) is 5.92 Å². The number of ether oxygens (including phenoxy) is 6. The van der Waals surface area contributed by atoms with E-state index in [0.717, 1.165) is 4.90 Å². The lowest BCUT2D eigenvalue weighted by atomic mass is 9.71. The van der Waals surface area contributed by atoms with Crippen molar-refractivity contribution in [2.45, 2.75) is 146 Å². The molecule has 0 spiro atoms. The Bertz CT molecular complexity index is 3280. The minimum Gasteiger partial charge on any atom is -0.507 e. The predicted octanol–water partition coefficient (Wildman–Crippen LogP) is 1.95. The van der Waals surface area contributed by atoms with Crippen LogP contribution in [0.1, 0.15) is 127 Å². The van der Waals surface area contributed by atoms with Gasteiger partial charge in [0.25, 0.3) is 11.8 Å². The number of morpholine rings is 1. The zero-order valence-electron chi connectivity index (χ0n) is 48.9. The zero-order chi connectivity index (χ0) is 63.3. The number of primary amides is 1. The second-order valence-electron chi connectivity index (χ2n) is 22.7. The summed E-state index contributed by atoms with van der Waals surface area (Å²) >= 11 is 0. The Hall–Kier alpha value is -8.22. The lowest BCUT2D eigenvalue weighted by molar-refractivity contribution is -0.256. The van der Waals surface area contributed by atoms with Gasteiger partial charge in [-0.15, -0.1) is 0 Å². The summed E-state index contributed by atoms with van der Waals surface area (Å²) in [5, 5.41) is 59.3. The number of nitrogens with one attached hydrogen (secondary N) is 5. The summed E-state index contributed by atoms with van der Waals surface area (Å²) in [7, 11) is 1.50. The number of urea groups is 1. The Morgan fingerprint density at radius 3 is 2.30 bits per heavy atom. The number of unbranched alkanes of at least 4 members (excludes halogenated alkanes) is 2. The summed E-state index contributed by atoms with van der Waals surface area (Å²) in [5.41, 5.74) is 0.540. The van der Waals surface area contributed by atoms with Crippen molar-refractivity contribution < 1.29 is 96.8 Å². The third kappa shape index (κ3) is 13.6. The van der Waals surface area contributed by atoms with Gasteiger partial charge in [0.05, 0.1) is 41.2 Å². The molecule has 4 heterocycles. The minimum absolute atomic E-state index is 0.0103. The highest BCUT2D eigenvalue weighted by Crippen LogP contribution is 2.53. The number of nitrogens with zero attached hydrogens (tertiary/aromatic N) is 2. The molecular formula is C60H72N8O20. The molecule has 8 amide bonds. The maximum atomic E-state index is 14.8. The van der Waals surface area contributed by atoms with E-state index in [-0.39, 0.29) is 84.0 Å². The Balaban J connectivity index is 0.880. The molecule has 88 heavy (non-hydrogen) atoms. The van der Waals surface area contributed by atoms with E-state index in [9.17, 15) is 68.4 Å². The second kappa shape index (κ2) is 27.4. The van der Waals surface area contributed by atoms with E-state index in [1.165, 1.54) is 49.6 Å². The Morgan fingerprint density at radius 1 is 0.852 bits per heavy atom. The van der Waals surface area contributed by atoms with Crippen LogP contribution in [0.15, 0.2) is 54.6 Å². The number of imide groups is 1. The average Bonchev–Trinajstić information content (AvgIpc) is 0.908. The summed E-state index contributed by atoms with van der Waals surface area (Å²) in [6.07, 6.45) is -3.08. The fourth-order valence-electron chi connectivity index (χ4n) is 12.1. The minimum atomic E-state index is -2.38. The van der Waals surface area contributed by atoms with Gasteiger partial charge in [-0.1, -0.05) is 50.6 Å². The molecule has 11 N–H and O–H groups in total. The molecule has 0 radical (unpaired) electrons. The number of aliphatic hydroxyl groups excluding tert-OH is 1. The number of carbonyl (C=O) groups is 10. The molecule has 3 saturated heterocycles. The molecule has 2 aliphatic carbocycles. The first-order valence-electron chi connectivity index (χ1n) is 29.1. The van der Waals surface area contributed by atoms with E-state index >= 15 is 0 Å². The molecule has 0 aromatic heterocycles. The second-order valence-corrected chi connectivity index (χ2v) is 22.7. The molecule has 0 unspecified atom stereocenters. The third-order valence-corrected chi connectivity index (χ3v) is 16.6. The van der Waals surface area contributed by atoms with Crippen LogP contribution in [0.3, 0.4) is 0 Å². The van der Waals surface area contributed by atoms with E-state index in [1.807, 2.05) is 0 Å². The fraction of sp³-hybridized carbons (Fsp3) is 0.500. The van der Waals surface area contributed by atoms with Gasteiger partial charge in [-0.3, -0.25) is 53.5 Å². The van der Waals surface area contributed by atoms with Gasteiger partial charge < -0.3 is 75.8 Å². The molecule has 3 aromatic rings. The van der Waals surface area contributed by atoms with Crippen molar-refractivity contribution in [3.05, 3.63) is 93.6 Å². The molecule has 3 aromatic carbocycles. The molecule has 9 rings (SSSR count). The highest BCUT2D eigenvalue weighted by Gasteiger charge is 2.55. The standard InChI is InChI=1S/C60H72N8O20/c1-29(2)48(66-40(71)17-6-5-9-21-68-41(72)18-19-42(68)73)55(79)64-36(16-11-20-62-58(61)80)54(78)63-34-14-8-7-12-31(34)28-85-59(81)65-35-15-10-13-32-44(35)51(76)47-46(49(32)74)50(75)33-25-60(82,39(70)27-69)26-38(45(33)52(47)77)87-43-24-37-53(30(3)86-43)88-56-57(83-4)84-23-22-67(37)56/h7-8,10,12-15,18-19,29-30,36-38,43,48,53,56-57,69,75,77,82H,5-6,9,11,16-17,20-28H2,1-4H3,(H,63,78)(H,64,79)(H,65,81)(H,66,71)(H3,61,62,80)/t30-,36-,37-,38-,43-,48-,53+,56+,57-,60-/m0/s1. The topological polar surface area (TPSA) is 400 Å². The average molecular weight is 1230 g/mol. The number of methoxy groups -OCH3 is 1. The van der Waals surface area contributed by atoms with Crippen LogP contribution in [0.2, 0.25) is 0 Å². The zero-order valence-corrected chi connectivity index (χ0v) is 48.9. The molecular weight excluding hydrogens is 1150 g/mol. The highest BCUT2D eigenvalue weighted by molar-refractivity contribution is 6.32. The number of ketones is 3. The van der Waals surface area contributed by atoms with Gasteiger partial charge >= 0.3 is 12.1 Å². The smallest absolute Gasteiger partial charge is 0.411 e. The van der Waals surface area contributed by atoms with Gasteiger partial charge in [-0.05, 0) is 50.7 Å². The summed E-state index contributed by atoms with van der Waals surface area (Å²) in [6, 6.07) is 6.72. The number of hydrogen-bond donors (Lipinski definition) is 10. The third-order valence-electron chi connectivity index (χ3n) is 16.6. The molecule has 6 aliphatic rings. The largest absolute Gasteiger partial charge is 0.507 e. The molecule has 472 valence electrons. The van der Waals surface area contributed by atoms with Crippen molar-refractivity contribution >= 4 is 70.4 Å². The Morgan fingerprint density at radius 2 is 1.58 bits per heavy atom. The van der Waals surface area contributed by atoms with Crippen molar-refractivity contribution in [3.63, 3.8) is 0 Å². The van der Waals surface area contributed by atoms with Gasteiger partial charge in [0.2, 0.25) is 17.7 Å². The number of phenols is 2. The Labute approximate surface area is 504 Å². The lowest BCUT2D eigenvalue weighted by Gasteiger charge is -2.43. The number of hydrogen-bond acceptors (Lipinski definition) is 21. The molecule has 10 atom stereocenters. The van der Waals surface area contributed by atoms with Crippen LogP contribution < -0.4 is 32.3 Å². The number of anilines is 2. The number of nitrogens with two attached hydrogens (primary N) is 1. The molecule has 0 saturated carbocycles. The first-order valence-corrected chi connectivity index (χ1v) is 29.1. The summed E-state index contributed by atoms with van der Waals surface area (Å²) in [5.74, 6) is -7.72. The first-order chi connectivity index (χ1) is 42.0. The van der Waals surface area contributed by atoms with Gasteiger partial charge in [-0.25, -0.2) is 9.59 Å². The van der Waals surface area contributed by atoms with Crippen molar-refractivity contribution in [2.75, 3.05) is 50.6 Å². The summed E-state index contributed by atoms with van der Waals surface area (Å²) in [4.78, 5) is 136. The van der Waals surface area contributed by atoms with Crippen LogP contribution in [0.4, 0.5) is 21.0 Å². The van der Waals surface area contributed by atoms with E-state index in [1.54, 1.807) is 32.9 Å². The van der Waals surface area contributed by atoms with Crippen molar-refractivity contribution in [1.29, 1.82) is 0 Å². The van der Waals surface area contributed by atoms with Crippen LogP contribution >= 0.6 is 0 Å². The quantitative estimate of drug-likeness (QED) is 0.0272. The molecule has 3 fully saturated rings. The number of Topliss-reactive ketones (excluding diaryl/α,β-unsaturated/α-hetero) is 1. The van der Waals surface area contributed by atoms with Crippen molar-refractivity contribution in [3.8, 4) is 11.5 Å². The van der Waals surface area contributed by atoms with E-state index in [2.05, 4.69) is 31.5 Å². The van der Waals surface area contributed by atoms with Gasteiger partial charge in [0, 0.05) is 98.6 Å². The lowest BCUT2D eigenvalue weighted by Crippen LogP contribution is -2.55. The van der Waals surface area contributed by atoms with Crippen LogP contribution in [-0.4, -0.2) is 184 Å². The van der Waals surface area contributed by atoms with E-state index in [4.69, 9.17) is 34.2 Å².